The van der Waals surface area contributed by atoms with Gasteiger partial charge in [0.25, 0.3) is 0 Å². The van der Waals surface area contributed by atoms with E-state index in [0.717, 1.165) is 5.57 Å². The van der Waals surface area contributed by atoms with Crippen LogP contribution in [0.2, 0.25) is 0 Å². The molecule has 28 heavy (non-hydrogen) atoms. The van der Waals surface area contributed by atoms with Crippen LogP contribution >= 0.6 is 0 Å². The van der Waals surface area contributed by atoms with Gasteiger partial charge in [-0.25, -0.2) is 0 Å². The van der Waals surface area contributed by atoms with Crippen molar-refractivity contribution >= 4 is 23.9 Å². The third kappa shape index (κ3) is 4.72. The molecule has 0 heterocycles. The van der Waals surface area contributed by atoms with E-state index in [0.29, 0.717) is 19.3 Å². The van der Waals surface area contributed by atoms with Crippen molar-refractivity contribution in [2.45, 2.75) is 51.9 Å². The molecule has 0 spiro atoms. The minimum Gasteiger partial charge on any atom is -0.481 e. The molecule has 6 atom stereocenters. The van der Waals surface area contributed by atoms with Crippen molar-refractivity contribution in [1.82, 2.24) is 0 Å². The van der Waals surface area contributed by atoms with Gasteiger partial charge in [0.15, 0.2) is 0 Å². The molecule has 0 bridgehead atoms. The van der Waals surface area contributed by atoms with Gasteiger partial charge in [0.1, 0.15) is 0 Å². The van der Waals surface area contributed by atoms with Gasteiger partial charge in [-0.3, -0.25) is 19.2 Å². The molecule has 0 aromatic carbocycles. The molecular formula is C20H28O8. The number of aliphatic carboxylic acids is 4. The zero-order valence-electron chi connectivity index (χ0n) is 15.9. The lowest BCUT2D eigenvalue weighted by atomic mass is 9.64. The second kappa shape index (κ2) is 9.21. The first-order valence-corrected chi connectivity index (χ1v) is 9.78. The Bertz CT molecular complexity index is 615. The average Bonchev–Trinajstić information content (AvgIpc) is 2.64. The van der Waals surface area contributed by atoms with Crippen LogP contribution in [0.25, 0.3) is 0 Å². The van der Waals surface area contributed by atoms with Gasteiger partial charge in [-0.05, 0) is 56.8 Å². The third-order valence-corrected chi connectivity index (χ3v) is 6.35. The molecule has 2 aliphatic carbocycles. The monoisotopic (exact) mass is 396 g/mol. The van der Waals surface area contributed by atoms with Crippen molar-refractivity contribution in [3.05, 3.63) is 11.6 Å². The molecule has 156 valence electrons. The van der Waals surface area contributed by atoms with Crippen LogP contribution in [-0.2, 0) is 19.2 Å². The Balaban J connectivity index is 2.23. The van der Waals surface area contributed by atoms with Crippen LogP contribution in [0.3, 0.4) is 0 Å². The molecule has 2 saturated carbocycles. The fourth-order valence-electron chi connectivity index (χ4n) is 4.99. The Morgan fingerprint density at radius 1 is 0.679 bits per heavy atom. The van der Waals surface area contributed by atoms with Crippen LogP contribution in [0.5, 0.6) is 0 Å². The Labute approximate surface area is 163 Å². The number of hydrogen-bond donors (Lipinski definition) is 4. The third-order valence-electron chi connectivity index (χ3n) is 6.35. The van der Waals surface area contributed by atoms with Gasteiger partial charge in [0.2, 0.25) is 0 Å². The summed E-state index contributed by atoms with van der Waals surface area (Å²) < 4.78 is 0. The minimum absolute atomic E-state index is 0.113. The Morgan fingerprint density at radius 2 is 1.04 bits per heavy atom. The maximum atomic E-state index is 11.6. The molecule has 6 unspecified atom stereocenters. The molecule has 0 aromatic rings. The SMILES string of the molecule is CCC=C(C1CCC(C(=O)O)C(C(=O)O)C1)C1CCC(C(=O)O)C(C(=O)O)C1. The first kappa shape index (κ1) is 21.9. The topological polar surface area (TPSA) is 149 Å². The maximum Gasteiger partial charge on any atom is 0.307 e. The summed E-state index contributed by atoms with van der Waals surface area (Å²) in [5, 5.41) is 37.6. The predicted octanol–water partition coefficient (Wildman–Crippen LogP) is 2.73. The lowest BCUT2D eigenvalue weighted by Crippen LogP contribution is -2.39. The summed E-state index contributed by atoms with van der Waals surface area (Å²) in [5.41, 5.74) is 0.979. The zero-order chi connectivity index (χ0) is 21.0. The first-order valence-electron chi connectivity index (χ1n) is 9.78. The fraction of sp³-hybridized carbons (Fsp3) is 0.700. The van der Waals surface area contributed by atoms with Crippen LogP contribution in [0.4, 0.5) is 0 Å². The van der Waals surface area contributed by atoms with Gasteiger partial charge in [-0.15, -0.1) is 0 Å². The van der Waals surface area contributed by atoms with E-state index >= 15 is 0 Å². The van der Waals surface area contributed by atoms with Crippen LogP contribution in [0.15, 0.2) is 11.6 Å². The van der Waals surface area contributed by atoms with E-state index < -0.39 is 47.5 Å². The summed E-state index contributed by atoms with van der Waals surface area (Å²) >= 11 is 0. The highest BCUT2D eigenvalue weighted by atomic mass is 16.4. The van der Waals surface area contributed by atoms with Crippen molar-refractivity contribution < 1.29 is 39.6 Å². The van der Waals surface area contributed by atoms with Crippen molar-refractivity contribution in [1.29, 1.82) is 0 Å². The zero-order valence-corrected chi connectivity index (χ0v) is 15.9. The van der Waals surface area contributed by atoms with Crippen molar-refractivity contribution in [3.8, 4) is 0 Å². The molecule has 0 amide bonds. The lowest BCUT2D eigenvalue weighted by Gasteiger charge is -2.39. The van der Waals surface area contributed by atoms with Crippen molar-refractivity contribution in [2.24, 2.45) is 35.5 Å². The second-order valence-electron chi connectivity index (χ2n) is 7.91. The van der Waals surface area contributed by atoms with Gasteiger partial charge in [0, 0.05) is 0 Å². The number of rotatable bonds is 7. The van der Waals surface area contributed by atoms with Gasteiger partial charge >= 0.3 is 23.9 Å². The van der Waals surface area contributed by atoms with Crippen molar-refractivity contribution in [3.63, 3.8) is 0 Å². The Morgan fingerprint density at radius 3 is 1.32 bits per heavy atom. The van der Waals surface area contributed by atoms with Gasteiger partial charge in [-0.2, -0.15) is 0 Å². The molecule has 2 aliphatic rings. The standard InChI is InChI=1S/C20H28O8/c1-2-3-12(10-4-6-13(17(21)22)15(8-10)19(25)26)11-5-7-14(18(23)24)16(9-11)20(27)28/h3,10-11,13-16H,2,4-9H2,1H3,(H,21,22)(H,23,24)(H,25,26)(H,27,28). The van der Waals surface area contributed by atoms with Crippen molar-refractivity contribution in [2.75, 3.05) is 0 Å². The number of carbonyl (C=O) groups is 4. The van der Waals surface area contributed by atoms with Gasteiger partial charge < -0.3 is 20.4 Å². The molecule has 0 radical (unpaired) electrons. The number of allylic oxidation sites excluding steroid dienone is 2. The number of carboxylic acids is 4. The van der Waals surface area contributed by atoms with E-state index in [-0.39, 0.29) is 37.5 Å². The Kier molecular flexibility index (Phi) is 7.21. The van der Waals surface area contributed by atoms with Crippen LogP contribution in [-0.4, -0.2) is 44.3 Å². The smallest absolute Gasteiger partial charge is 0.307 e. The summed E-state index contributed by atoms with van der Waals surface area (Å²) in [6.45, 7) is 1.94. The molecular weight excluding hydrogens is 368 g/mol. The summed E-state index contributed by atoms with van der Waals surface area (Å²) in [4.78, 5) is 46.0. The van der Waals surface area contributed by atoms with Crippen LogP contribution in [0, 0.1) is 35.5 Å². The highest BCUT2D eigenvalue weighted by Crippen LogP contribution is 2.45. The number of carboxylic acid groups (broad SMARTS) is 4. The molecule has 0 aliphatic heterocycles. The van der Waals surface area contributed by atoms with E-state index in [2.05, 4.69) is 0 Å². The van der Waals surface area contributed by atoms with E-state index in [9.17, 15) is 39.6 Å². The van der Waals surface area contributed by atoms with E-state index in [1.165, 1.54) is 0 Å². The first-order chi connectivity index (χ1) is 13.2. The highest BCUT2D eigenvalue weighted by molar-refractivity contribution is 5.81. The molecule has 2 fully saturated rings. The second-order valence-corrected chi connectivity index (χ2v) is 7.91. The lowest BCUT2D eigenvalue weighted by molar-refractivity contribution is -0.157. The van der Waals surface area contributed by atoms with E-state index in [4.69, 9.17) is 0 Å². The maximum absolute atomic E-state index is 11.6. The molecule has 0 aromatic heterocycles. The summed E-state index contributed by atoms with van der Waals surface area (Å²) in [5.74, 6) is -8.42. The largest absolute Gasteiger partial charge is 0.481 e. The summed E-state index contributed by atoms with van der Waals surface area (Å²) in [6, 6.07) is 0. The highest BCUT2D eigenvalue weighted by Gasteiger charge is 2.44. The summed E-state index contributed by atoms with van der Waals surface area (Å²) in [7, 11) is 0. The number of hydrogen-bond acceptors (Lipinski definition) is 4. The predicted molar refractivity (Wildman–Crippen MR) is 97.6 cm³/mol. The molecule has 2 rings (SSSR count). The molecule has 0 saturated heterocycles. The van der Waals surface area contributed by atoms with Gasteiger partial charge in [0.05, 0.1) is 23.7 Å². The summed E-state index contributed by atoms with van der Waals surface area (Å²) in [6.07, 6.45) is 4.75. The average molecular weight is 396 g/mol. The fourth-order valence-corrected chi connectivity index (χ4v) is 4.99. The van der Waals surface area contributed by atoms with Crippen LogP contribution in [0.1, 0.15) is 51.9 Å². The Hall–Kier alpha value is -2.38. The normalized spacial score (nSPS) is 32.9. The minimum atomic E-state index is -1.12. The molecule has 4 N–H and O–H groups in total. The molecule has 8 nitrogen and oxygen atoms in total. The van der Waals surface area contributed by atoms with Crippen LogP contribution < -0.4 is 0 Å². The van der Waals surface area contributed by atoms with Gasteiger partial charge in [-0.1, -0.05) is 18.6 Å². The van der Waals surface area contributed by atoms with E-state index in [1.54, 1.807) is 0 Å². The molecule has 8 heteroatoms. The quantitative estimate of drug-likeness (QED) is 0.480. The van der Waals surface area contributed by atoms with E-state index in [1.807, 2.05) is 13.0 Å².